The number of thioether (sulfide) groups is 1. The number of hydrogen-bond acceptors (Lipinski definition) is 4. The van der Waals surface area contributed by atoms with Crippen LogP contribution in [-0.4, -0.2) is 15.1 Å². The molecule has 0 unspecified atom stereocenters. The van der Waals surface area contributed by atoms with Crippen LogP contribution >= 0.6 is 11.8 Å². The van der Waals surface area contributed by atoms with Crippen LogP contribution in [0, 0.1) is 0 Å². The smallest absolute Gasteiger partial charge is 0.378 e. The van der Waals surface area contributed by atoms with E-state index >= 15 is 0 Å². The van der Waals surface area contributed by atoms with Crippen LogP contribution in [0.25, 0.3) is 10.9 Å². The molecule has 1 aromatic heterocycles. The minimum Gasteiger partial charge on any atom is -0.378 e. The summed E-state index contributed by atoms with van der Waals surface area (Å²) in [6.07, 6.45) is -4.52. The molecule has 2 aromatic carbocycles. The third kappa shape index (κ3) is 4.05. The van der Waals surface area contributed by atoms with Crippen LogP contribution in [0.15, 0.2) is 58.3 Å². The number of nitrogens with zero attached hydrogens (tertiary/aromatic N) is 2. The molecule has 0 fully saturated rings. The second-order valence-electron chi connectivity index (χ2n) is 5.28. The van der Waals surface area contributed by atoms with Crippen LogP contribution in [0.5, 0.6) is 0 Å². The zero-order valence-corrected chi connectivity index (χ0v) is 14.1. The number of nitrogens with two attached hydrogens (primary N) is 1. The van der Waals surface area contributed by atoms with Gasteiger partial charge in [0.05, 0.1) is 27.9 Å². The van der Waals surface area contributed by atoms with Gasteiger partial charge >= 0.3 is 6.18 Å². The molecule has 3 aromatic rings. The number of aromatic amines is 1. The van der Waals surface area contributed by atoms with Crippen LogP contribution in [0.1, 0.15) is 11.4 Å². The van der Waals surface area contributed by atoms with Crippen molar-refractivity contribution in [1.82, 2.24) is 9.97 Å². The topological polar surface area (TPSA) is 84.1 Å². The molecule has 0 radical (unpaired) electrons. The summed E-state index contributed by atoms with van der Waals surface area (Å²) in [7, 11) is 0. The lowest BCUT2D eigenvalue weighted by atomic mass is 10.2. The van der Waals surface area contributed by atoms with Crippen molar-refractivity contribution in [1.29, 1.82) is 0 Å². The fraction of sp³-hybridized carbons (Fsp3) is 0.118. The first kappa shape index (κ1) is 18.0. The van der Waals surface area contributed by atoms with Gasteiger partial charge in [0.15, 0.2) is 5.17 Å². The van der Waals surface area contributed by atoms with Gasteiger partial charge in [0.1, 0.15) is 5.82 Å². The number of hydrogen-bond donors (Lipinski definition) is 2. The lowest BCUT2D eigenvalue weighted by molar-refractivity contribution is -0.137. The summed E-state index contributed by atoms with van der Waals surface area (Å²) in [4.78, 5) is 22.8. The molecule has 0 amide bonds. The van der Waals surface area contributed by atoms with Crippen LogP contribution in [0.2, 0.25) is 0 Å². The predicted octanol–water partition coefficient (Wildman–Crippen LogP) is 3.82. The molecule has 0 atom stereocenters. The molecule has 9 heteroatoms. The lowest BCUT2D eigenvalue weighted by Gasteiger charge is -2.10. The zero-order chi connectivity index (χ0) is 18.7. The second-order valence-corrected chi connectivity index (χ2v) is 6.28. The van der Waals surface area contributed by atoms with E-state index in [0.29, 0.717) is 16.7 Å². The first-order valence-corrected chi connectivity index (χ1v) is 8.44. The molecule has 1 heterocycles. The van der Waals surface area contributed by atoms with Gasteiger partial charge in [-0.25, -0.2) is 9.98 Å². The first-order valence-electron chi connectivity index (χ1n) is 7.46. The fourth-order valence-electron chi connectivity index (χ4n) is 2.31. The Hall–Kier alpha value is -2.81. The monoisotopic (exact) mass is 378 g/mol. The Morgan fingerprint density at radius 3 is 2.62 bits per heavy atom. The van der Waals surface area contributed by atoms with E-state index in [2.05, 4.69) is 15.0 Å². The Bertz CT molecular complexity index is 1030. The maximum absolute atomic E-state index is 13.0. The van der Waals surface area contributed by atoms with Crippen molar-refractivity contribution >= 4 is 33.5 Å². The molecule has 26 heavy (non-hydrogen) atoms. The van der Waals surface area contributed by atoms with Crippen molar-refractivity contribution in [3.63, 3.8) is 0 Å². The van der Waals surface area contributed by atoms with Crippen LogP contribution in [0.4, 0.5) is 18.9 Å². The summed E-state index contributed by atoms with van der Waals surface area (Å²) < 4.78 is 38.9. The van der Waals surface area contributed by atoms with E-state index in [4.69, 9.17) is 5.73 Å². The standard InChI is InChI=1S/C17H13F3N4OS/c18-17(19,20)11-6-2-4-8-13(11)23-16(21)26-9-14-22-12-7-3-1-5-10(12)15(25)24-14/h1-8H,9H2,(H2,21,23)(H,22,24,25). The highest BCUT2D eigenvalue weighted by Crippen LogP contribution is 2.36. The summed E-state index contributed by atoms with van der Waals surface area (Å²) in [6.45, 7) is 0. The van der Waals surface area contributed by atoms with Gasteiger partial charge in [-0.2, -0.15) is 13.2 Å². The number of halogens is 3. The van der Waals surface area contributed by atoms with Crippen molar-refractivity contribution in [2.24, 2.45) is 10.7 Å². The lowest BCUT2D eigenvalue weighted by Crippen LogP contribution is -2.13. The van der Waals surface area contributed by atoms with Crippen LogP contribution in [-0.2, 0) is 11.9 Å². The van der Waals surface area contributed by atoms with E-state index in [1.807, 2.05) is 0 Å². The van der Waals surface area contributed by atoms with Crippen molar-refractivity contribution in [3.8, 4) is 0 Å². The molecule has 0 saturated carbocycles. The number of nitrogens with one attached hydrogen (secondary N) is 1. The van der Waals surface area contributed by atoms with Gasteiger partial charge in [0, 0.05) is 0 Å². The molecule has 134 valence electrons. The highest BCUT2D eigenvalue weighted by atomic mass is 32.2. The molecule has 0 aliphatic carbocycles. The molecule has 0 bridgehead atoms. The average molecular weight is 378 g/mol. The number of H-pyrrole nitrogens is 1. The van der Waals surface area contributed by atoms with E-state index in [0.717, 1.165) is 17.8 Å². The van der Waals surface area contributed by atoms with Crippen LogP contribution < -0.4 is 11.3 Å². The zero-order valence-electron chi connectivity index (χ0n) is 13.2. The summed E-state index contributed by atoms with van der Waals surface area (Å²) >= 11 is 0.989. The van der Waals surface area contributed by atoms with Gasteiger partial charge in [-0.1, -0.05) is 36.0 Å². The molecule has 0 saturated heterocycles. The molecule has 0 aliphatic heterocycles. The van der Waals surface area contributed by atoms with Gasteiger partial charge in [-0.15, -0.1) is 0 Å². The molecule has 3 rings (SSSR count). The molecule has 0 aliphatic rings. The number of benzene rings is 2. The molecule has 3 N–H and O–H groups in total. The number of para-hydroxylation sites is 2. The van der Waals surface area contributed by atoms with Crippen molar-refractivity contribution in [3.05, 3.63) is 70.3 Å². The fourth-order valence-corrected chi connectivity index (χ4v) is 2.89. The molecular formula is C17H13F3N4OS. The Labute approximate surface area is 150 Å². The van der Waals surface area contributed by atoms with Crippen molar-refractivity contribution in [2.75, 3.05) is 0 Å². The summed E-state index contributed by atoms with van der Waals surface area (Å²) in [5.74, 6) is 0.532. The molecule has 5 nitrogen and oxygen atoms in total. The average Bonchev–Trinajstić information content (AvgIpc) is 2.60. The number of rotatable bonds is 3. The van der Waals surface area contributed by atoms with Gasteiger partial charge in [0.2, 0.25) is 0 Å². The first-order chi connectivity index (χ1) is 12.3. The number of amidine groups is 1. The minimum absolute atomic E-state index is 0.0579. The summed E-state index contributed by atoms with van der Waals surface area (Å²) in [5.41, 5.74) is 4.87. The van der Waals surface area contributed by atoms with Crippen molar-refractivity contribution in [2.45, 2.75) is 11.9 Å². The van der Waals surface area contributed by atoms with Crippen molar-refractivity contribution < 1.29 is 13.2 Å². The van der Waals surface area contributed by atoms with Gasteiger partial charge in [0.25, 0.3) is 5.56 Å². The Kier molecular flexibility index (Phi) is 4.99. The van der Waals surface area contributed by atoms with E-state index in [1.165, 1.54) is 18.2 Å². The van der Waals surface area contributed by atoms with E-state index in [-0.39, 0.29) is 22.2 Å². The Balaban J connectivity index is 1.81. The maximum Gasteiger partial charge on any atom is 0.418 e. The largest absolute Gasteiger partial charge is 0.418 e. The van der Waals surface area contributed by atoms with Crippen LogP contribution in [0.3, 0.4) is 0 Å². The second kappa shape index (κ2) is 7.20. The Morgan fingerprint density at radius 1 is 1.15 bits per heavy atom. The SMILES string of the molecule is NC(=Nc1ccccc1C(F)(F)F)SCc1nc2ccccc2c(=O)[nH]1. The molecular weight excluding hydrogens is 365 g/mol. The Morgan fingerprint density at radius 2 is 1.85 bits per heavy atom. The number of aromatic nitrogens is 2. The summed E-state index contributed by atoms with van der Waals surface area (Å²) in [6, 6.07) is 11.8. The predicted molar refractivity (Wildman–Crippen MR) is 96.4 cm³/mol. The normalized spacial score (nSPS) is 12.5. The van der Waals surface area contributed by atoms with Gasteiger partial charge in [-0.3, -0.25) is 4.79 Å². The quantitative estimate of drug-likeness (QED) is 0.536. The number of alkyl halides is 3. The van der Waals surface area contributed by atoms with E-state index < -0.39 is 11.7 Å². The van der Waals surface area contributed by atoms with Gasteiger partial charge < -0.3 is 10.7 Å². The van der Waals surface area contributed by atoms with Gasteiger partial charge in [-0.05, 0) is 24.3 Å². The minimum atomic E-state index is -4.52. The number of fused-ring (bicyclic) bond motifs is 1. The highest BCUT2D eigenvalue weighted by molar-refractivity contribution is 8.13. The number of aliphatic imine (C=N–C) groups is 1. The third-order valence-electron chi connectivity index (χ3n) is 3.46. The summed E-state index contributed by atoms with van der Waals surface area (Å²) in [5, 5.41) is 0.402. The van der Waals surface area contributed by atoms with E-state index in [1.54, 1.807) is 24.3 Å². The highest BCUT2D eigenvalue weighted by Gasteiger charge is 2.33. The van der Waals surface area contributed by atoms with E-state index in [9.17, 15) is 18.0 Å². The maximum atomic E-state index is 13.0. The molecule has 0 spiro atoms. The third-order valence-corrected chi connectivity index (χ3v) is 4.26.